The highest BCUT2D eigenvalue weighted by Gasteiger charge is 2.12. The van der Waals surface area contributed by atoms with Crippen LogP contribution in [0.1, 0.15) is 36.5 Å². The lowest BCUT2D eigenvalue weighted by atomic mass is 10.2. The molecule has 0 aliphatic heterocycles. The van der Waals surface area contributed by atoms with Crippen molar-refractivity contribution in [3.05, 3.63) is 34.9 Å². The Kier molecular flexibility index (Phi) is 4.60. The SMILES string of the molecule is Cc1nn(CCc2ccnn2C)c(C)c1CNC(C)C. The topological polar surface area (TPSA) is 47.7 Å². The van der Waals surface area contributed by atoms with Gasteiger partial charge in [-0.1, -0.05) is 13.8 Å². The minimum absolute atomic E-state index is 0.492. The molecule has 0 aliphatic carbocycles. The third-order valence-electron chi connectivity index (χ3n) is 3.72. The van der Waals surface area contributed by atoms with Gasteiger partial charge in [-0.25, -0.2) is 0 Å². The molecule has 110 valence electrons. The maximum absolute atomic E-state index is 4.66. The van der Waals surface area contributed by atoms with Gasteiger partial charge in [-0.2, -0.15) is 10.2 Å². The first-order valence-electron chi connectivity index (χ1n) is 7.22. The third kappa shape index (κ3) is 3.28. The van der Waals surface area contributed by atoms with Gasteiger partial charge in [-0.3, -0.25) is 9.36 Å². The maximum Gasteiger partial charge on any atom is 0.0641 e. The van der Waals surface area contributed by atoms with Crippen molar-refractivity contribution in [1.29, 1.82) is 0 Å². The van der Waals surface area contributed by atoms with E-state index in [2.05, 4.69) is 54.0 Å². The molecule has 2 heterocycles. The van der Waals surface area contributed by atoms with Crippen LogP contribution in [-0.2, 0) is 26.6 Å². The molecule has 0 aliphatic rings. The molecule has 0 saturated carbocycles. The summed E-state index contributed by atoms with van der Waals surface area (Å²) in [5.74, 6) is 0. The Morgan fingerprint density at radius 2 is 2.05 bits per heavy atom. The number of aryl methyl sites for hydroxylation is 4. The summed E-state index contributed by atoms with van der Waals surface area (Å²) in [7, 11) is 1.98. The van der Waals surface area contributed by atoms with Crippen LogP contribution < -0.4 is 5.32 Å². The van der Waals surface area contributed by atoms with Crippen molar-refractivity contribution in [2.75, 3.05) is 0 Å². The van der Waals surface area contributed by atoms with Crippen LogP contribution in [0.4, 0.5) is 0 Å². The van der Waals surface area contributed by atoms with Gasteiger partial charge < -0.3 is 5.32 Å². The van der Waals surface area contributed by atoms with E-state index in [0.29, 0.717) is 6.04 Å². The molecule has 0 unspecified atom stereocenters. The van der Waals surface area contributed by atoms with Crippen LogP contribution in [0, 0.1) is 13.8 Å². The Bertz CT molecular complexity index is 565. The van der Waals surface area contributed by atoms with E-state index in [1.54, 1.807) is 0 Å². The average molecular weight is 275 g/mol. The Morgan fingerprint density at radius 3 is 2.65 bits per heavy atom. The monoisotopic (exact) mass is 275 g/mol. The summed E-state index contributed by atoms with van der Waals surface area (Å²) < 4.78 is 4.03. The van der Waals surface area contributed by atoms with Crippen molar-refractivity contribution in [3.63, 3.8) is 0 Å². The molecule has 0 amide bonds. The van der Waals surface area contributed by atoms with Crippen molar-refractivity contribution in [2.24, 2.45) is 7.05 Å². The normalized spacial score (nSPS) is 11.5. The standard InChI is InChI=1S/C15H25N5/c1-11(2)16-10-15-12(3)18-20(13(15)4)9-7-14-6-8-17-19(14)5/h6,8,11,16H,7,9-10H2,1-5H3. The maximum atomic E-state index is 4.66. The number of nitrogens with one attached hydrogen (secondary N) is 1. The van der Waals surface area contributed by atoms with Crippen molar-refractivity contribution in [2.45, 2.75) is 53.2 Å². The largest absolute Gasteiger partial charge is 0.310 e. The lowest BCUT2D eigenvalue weighted by Crippen LogP contribution is -2.22. The molecule has 1 N–H and O–H groups in total. The minimum atomic E-state index is 0.492. The van der Waals surface area contributed by atoms with Gasteiger partial charge in [0.2, 0.25) is 0 Å². The van der Waals surface area contributed by atoms with E-state index in [1.165, 1.54) is 17.0 Å². The van der Waals surface area contributed by atoms with Crippen molar-refractivity contribution in [1.82, 2.24) is 24.9 Å². The Morgan fingerprint density at radius 1 is 1.30 bits per heavy atom. The summed E-state index contributed by atoms with van der Waals surface area (Å²) in [6.45, 7) is 10.4. The van der Waals surface area contributed by atoms with Crippen molar-refractivity contribution >= 4 is 0 Å². The van der Waals surface area contributed by atoms with E-state index < -0.39 is 0 Å². The molecule has 20 heavy (non-hydrogen) atoms. The molecule has 0 aromatic carbocycles. The molecule has 0 spiro atoms. The summed E-state index contributed by atoms with van der Waals surface area (Å²) in [4.78, 5) is 0. The number of aromatic nitrogens is 4. The molecule has 2 rings (SSSR count). The Balaban J connectivity index is 2.05. The highest BCUT2D eigenvalue weighted by Crippen LogP contribution is 2.14. The summed E-state index contributed by atoms with van der Waals surface area (Å²) in [5, 5.41) is 12.3. The average Bonchev–Trinajstić information content (AvgIpc) is 2.90. The molecular weight excluding hydrogens is 250 g/mol. The predicted molar refractivity (Wildman–Crippen MR) is 80.6 cm³/mol. The molecule has 2 aromatic heterocycles. The number of nitrogens with zero attached hydrogens (tertiary/aromatic N) is 4. The smallest absolute Gasteiger partial charge is 0.0641 e. The van der Waals surface area contributed by atoms with Crippen LogP contribution in [0.15, 0.2) is 12.3 Å². The van der Waals surface area contributed by atoms with Gasteiger partial charge in [0, 0.05) is 55.7 Å². The number of hydrogen-bond donors (Lipinski definition) is 1. The first kappa shape index (κ1) is 14.8. The zero-order valence-corrected chi connectivity index (χ0v) is 13.1. The fourth-order valence-electron chi connectivity index (χ4n) is 2.38. The molecule has 5 heteroatoms. The van der Waals surface area contributed by atoms with Crippen molar-refractivity contribution < 1.29 is 0 Å². The van der Waals surface area contributed by atoms with Gasteiger partial charge in [-0.15, -0.1) is 0 Å². The highest BCUT2D eigenvalue weighted by atomic mass is 15.3. The fourth-order valence-corrected chi connectivity index (χ4v) is 2.38. The first-order chi connectivity index (χ1) is 9.49. The summed E-state index contributed by atoms with van der Waals surface area (Å²) in [6, 6.07) is 2.55. The van der Waals surface area contributed by atoms with Crippen LogP contribution in [0.25, 0.3) is 0 Å². The zero-order valence-electron chi connectivity index (χ0n) is 13.1. The summed E-state index contributed by atoms with van der Waals surface area (Å²) in [5.41, 5.74) is 4.95. The lowest BCUT2D eigenvalue weighted by molar-refractivity contribution is 0.565. The second-order valence-corrected chi connectivity index (χ2v) is 5.60. The van der Waals surface area contributed by atoms with Gasteiger partial charge in [0.15, 0.2) is 0 Å². The summed E-state index contributed by atoms with van der Waals surface area (Å²) >= 11 is 0. The molecule has 0 bridgehead atoms. The molecule has 0 radical (unpaired) electrons. The number of hydrogen-bond acceptors (Lipinski definition) is 3. The van der Waals surface area contributed by atoms with E-state index in [1.807, 2.05) is 17.9 Å². The van der Waals surface area contributed by atoms with E-state index in [9.17, 15) is 0 Å². The third-order valence-corrected chi connectivity index (χ3v) is 3.72. The molecule has 2 aromatic rings. The number of rotatable bonds is 6. The first-order valence-corrected chi connectivity index (χ1v) is 7.22. The van der Waals surface area contributed by atoms with Crippen LogP contribution in [0.3, 0.4) is 0 Å². The second-order valence-electron chi connectivity index (χ2n) is 5.60. The Hall–Kier alpha value is -1.62. The fraction of sp³-hybridized carbons (Fsp3) is 0.600. The van der Waals surface area contributed by atoms with Crippen LogP contribution in [0.2, 0.25) is 0 Å². The van der Waals surface area contributed by atoms with E-state index >= 15 is 0 Å². The van der Waals surface area contributed by atoms with E-state index in [0.717, 1.165) is 25.2 Å². The van der Waals surface area contributed by atoms with Crippen molar-refractivity contribution in [3.8, 4) is 0 Å². The molecule has 0 atom stereocenters. The second kappa shape index (κ2) is 6.22. The van der Waals surface area contributed by atoms with Gasteiger partial charge in [0.25, 0.3) is 0 Å². The zero-order chi connectivity index (χ0) is 14.7. The van der Waals surface area contributed by atoms with Gasteiger partial charge in [0.1, 0.15) is 0 Å². The highest BCUT2D eigenvalue weighted by molar-refractivity contribution is 5.24. The van der Waals surface area contributed by atoms with Gasteiger partial charge >= 0.3 is 0 Å². The quantitative estimate of drug-likeness (QED) is 0.877. The van der Waals surface area contributed by atoms with E-state index in [-0.39, 0.29) is 0 Å². The van der Waals surface area contributed by atoms with E-state index in [4.69, 9.17) is 0 Å². The molecule has 5 nitrogen and oxygen atoms in total. The molecule has 0 saturated heterocycles. The molecule has 0 fully saturated rings. The van der Waals surface area contributed by atoms with Gasteiger partial charge in [0.05, 0.1) is 5.69 Å². The van der Waals surface area contributed by atoms with Crippen LogP contribution in [-0.4, -0.2) is 25.6 Å². The Labute approximate surface area is 121 Å². The molecular formula is C15H25N5. The van der Waals surface area contributed by atoms with Crippen LogP contribution in [0.5, 0.6) is 0 Å². The minimum Gasteiger partial charge on any atom is -0.310 e. The van der Waals surface area contributed by atoms with Gasteiger partial charge in [-0.05, 0) is 19.9 Å². The summed E-state index contributed by atoms with van der Waals surface area (Å²) in [6.07, 6.45) is 2.80. The van der Waals surface area contributed by atoms with Crippen LogP contribution >= 0.6 is 0 Å². The lowest BCUT2D eigenvalue weighted by Gasteiger charge is -2.09. The predicted octanol–water partition coefficient (Wildman–Crippen LogP) is 1.97.